The van der Waals surface area contributed by atoms with E-state index in [-0.39, 0.29) is 12.2 Å². The highest BCUT2D eigenvalue weighted by molar-refractivity contribution is 7.13. The standard InChI is InChI=1S/C20H19F2N3O2S/c21-19-10-24(8-13-6-7-13)18(27)20(19,22)12-25(11-19)17(26)15-9-28-16(23-15)14-4-2-1-3-5-14/h1-5,9,13H,6-8,10-12H2/t19-,20-/m0/s1. The van der Waals surface area contributed by atoms with Crippen LogP contribution in [0.15, 0.2) is 35.7 Å². The monoisotopic (exact) mass is 403 g/mol. The number of nitrogens with zero attached hydrogens (tertiary/aromatic N) is 3. The summed E-state index contributed by atoms with van der Waals surface area (Å²) in [5.74, 6) is -0.997. The maximum absolute atomic E-state index is 15.4. The molecule has 2 aromatic rings. The van der Waals surface area contributed by atoms with Gasteiger partial charge in [-0.2, -0.15) is 0 Å². The molecule has 3 aliphatic rings. The number of likely N-dealkylation sites (tertiary alicyclic amines) is 2. The first-order valence-corrected chi connectivity index (χ1v) is 10.2. The fourth-order valence-electron chi connectivity index (χ4n) is 4.10. The predicted molar refractivity (Wildman–Crippen MR) is 100 cm³/mol. The van der Waals surface area contributed by atoms with Gasteiger partial charge in [0.25, 0.3) is 11.8 Å². The Morgan fingerprint density at radius 1 is 1.18 bits per heavy atom. The molecule has 0 N–H and O–H groups in total. The number of benzene rings is 1. The van der Waals surface area contributed by atoms with Crippen molar-refractivity contribution < 1.29 is 18.4 Å². The van der Waals surface area contributed by atoms with Crippen LogP contribution >= 0.6 is 11.3 Å². The second-order valence-corrected chi connectivity index (χ2v) is 8.82. The molecule has 146 valence electrons. The highest BCUT2D eigenvalue weighted by Crippen LogP contribution is 2.47. The summed E-state index contributed by atoms with van der Waals surface area (Å²) < 4.78 is 30.8. The average molecular weight is 403 g/mol. The average Bonchev–Trinajstić information content (AvgIpc) is 3.23. The van der Waals surface area contributed by atoms with Gasteiger partial charge in [-0.15, -0.1) is 11.3 Å². The van der Waals surface area contributed by atoms with Gasteiger partial charge >= 0.3 is 0 Å². The number of rotatable bonds is 4. The zero-order valence-corrected chi connectivity index (χ0v) is 15.9. The number of alkyl halides is 2. The van der Waals surface area contributed by atoms with Crippen molar-refractivity contribution in [3.8, 4) is 10.6 Å². The van der Waals surface area contributed by atoms with Gasteiger partial charge in [-0.05, 0) is 18.8 Å². The van der Waals surface area contributed by atoms with E-state index in [0.29, 0.717) is 17.5 Å². The topological polar surface area (TPSA) is 53.5 Å². The van der Waals surface area contributed by atoms with Crippen molar-refractivity contribution >= 4 is 23.2 Å². The Hall–Kier alpha value is -2.35. The highest BCUT2D eigenvalue weighted by atomic mass is 32.1. The molecule has 28 heavy (non-hydrogen) atoms. The number of carbonyl (C=O) groups excluding carboxylic acids is 2. The SMILES string of the molecule is O=C(c1csc(-c2ccccc2)n1)N1C[C@@]2(F)CN(CC3CC3)C(=O)[C@@]2(F)C1. The number of hydrogen-bond acceptors (Lipinski definition) is 4. The molecule has 0 unspecified atom stereocenters. The van der Waals surface area contributed by atoms with Gasteiger partial charge in [-0.25, -0.2) is 13.8 Å². The molecule has 2 amide bonds. The van der Waals surface area contributed by atoms with E-state index in [1.54, 1.807) is 5.38 Å². The number of amides is 2. The number of fused-ring (bicyclic) bond motifs is 1. The lowest BCUT2D eigenvalue weighted by Crippen LogP contribution is -2.47. The normalized spacial score (nSPS) is 29.4. The van der Waals surface area contributed by atoms with Crippen LogP contribution in [0.2, 0.25) is 0 Å². The van der Waals surface area contributed by atoms with Crippen LogP contribution in [-0.4, -0.2) is 64.1 Å². The van der Waals surface area contributed by atoms with Crippen molar-refractivity contribution in [1.82, 2.24) is 14.8 Å². The van der Waals surface area contributed by atoms with Crippen LogP contribution in [0.1, 0.15) is 23.3 Å². The summed E-state index contributed by atoms with van der Waals surface area (Å²) in [6.45, 7) is -0.848. The Kier molecular flexibility index (Phi) is 3.84. The lowest BCUT2D eigenvalue weighted by molar-refractivity contribution is -0.139. The first-order valence-electron chi connectivity index (χ1n) is 9.37. The quantitative estimate of drug-likeness (QED) is 0.789. The number of hydrogen-bond donors (Lipinski definition) is 0. The summed E-state index contributed by atoms with van der Waals surface area (Å²) >= 11 is 1.30. The fourth-order valence-corrected chi connectivity index (χ4v) is 4.90. The first-order chi connectivity index (χ1) is 13.4. The van der Waals surface area contributed by atoms with E-state index in [1.165, 1.54) is 16.2 Å². The first kappa shape index (κ1) is 17.7. The third kappa shape index (κ3) is 2.65. The summed E-state index contributed by atoms with van der Waals surface area (Å²) in [5, 5.41) is 2.26. The van der Waals surface area contributed by atoms with Crippen molar-refractivity contribution in [2.45, 2.75) is 24.2 Å². The van der Waals surface area contributed by atoms with Crippen molar-refractivity contribution in [2.24, 2.45) is 5.92 Å². The lowest BCUT2D eigenvalue weighted by atomic mass is 9.93. The van der Waals surface area contributed by atoms with Crippen LogP contribution in [0.25, 0.3) is 10.6 Å². The van der Waals surface area contributed by atoms with Crippen LogP contribution in [0.3, 0.4) is 0 Å². The van der Waals surface area contributed by atoms with Gasteiger partial charge in [-0.3, -0.25) is 9.59 Å². The van der Waals surface area contributed by atoms with E-state index < -0.39 is 36.2 Å². The maximum Gasteiger partial charge on any atom is 0.273 e. The van der Waals surface area contributed by atoms with Crippen LogP contribution < -0.4 is 0 Å². The predicted octanol–water partition coefficient (Wildman–Crippen LogP) is 2.93. The Bertz CT molecular complexity index is 948. The second-order valence-electron chi connectivity index (χ2n) is 7.96. The summed E-state index contributed by atoms with van der Waals surface area (Å²) in [6, 6.07) is 9.40. The molecule has 8 heteroatoms. The molecule has 2 atom stereocenters. The molecule has 1 aliphatic carbocycles. The maximum atomic E-state index is 15.4. The van der Waals surface area contributed by atoms with Crippen molar-refractivity contribution in [3.63, 3.8) is 0 Å². The van der Waals surface area contributed by atoms with E-state index in [2.05, 4.69) is 4.98 Å². The molecule has 5 nitrogen and oxygen atoms in total. The third-order valence-corrected chi connectivity index (χ3v) is 6.73. The highest BCUT2D eigenvalue weighted by Gasteiger charge is 2.72. The van der Waals surface area contributed by atoms with E-state index >= 15 is 8.78 Å². The van der Waals surface area contributed by atoms with Crippen molar-refractivity contribution in [3.05, 3.63) is 41.4 Å². The summed E-state index contributed by atoms with van der Waals surface area (Å²) in [4.78, 5) is 32.1. The zero-order chi connectivity index (χ0) is 19.5. The van der Waals surface area contributed by atoms with Gasteiger partial charge in [-0.1, -0.05) is 30.3 Å². The molecule has 1 aromatic carbocycles. The largest absolute Gasteiger partial charge is 0.336 e. The smallest absolute Gasteiger partial charge is 0.273 e. The molecule has 3 fully saturated rings. The van der Waals surface area contributed by atoms with Gasteiger partial charge < -0.3 is 9.80 Å². The van der Waals surface area contributed by atoms with E-state index in [9.17, 15) is 9.59 Å². The van der Waals surface area contributed by atoms with Gasteiger partial charge in [0.15, 0.2) is 5.67 Å². The molecule has 1 aromatic heterocycles. The van der Waals surface area contributed by atoms with Crippen molar-refractivity contribution in [1.29, 1.82) is 0 Å². The molecule has 2 saturated heterocycles. The van der Waals surface area contributed by atoms with Crippen LogP contribution in [-0.2, 0) is 4.79 Å². The summed E-state index contributed by atoms with van der Waals surface area (Å²) in [5.41, 5.74) is -3.99. The molecular formula is C20H19F2N3O2S. The van der Waals surface area contributed by atoms with Gasteiger partial charge in [0.1, 0.15) is 10.7 Å². The minimum Gasteiger partial charge on any atom is -0.336 e. The fraction of sp³-hybridized carbons (Fsp3) is 0.450. The third-order valence-electron chi connectivity index (χ3n) is 5.83. The van der Waals surface area contributed by atoms with Gasteiger partial charge in [0.05, 0.1) is 19.6 Å². The van der Waals surface area contributed by atoms with E-state index in [1.807, 2.05) is 30.3 Å². The van der Waals surface area contributed by atoms with Gasteiger partial charge in [0.2, 0.25) is 5.67 Å². The minimum absolute atomic E-state index is 0.151. The second kappa shape index (κ2) is 6.07. The van der Waals surface area contributed by atoms with Gasteiger partial charge in [0, 0.05) is 17.5 Å². The molecule has 0 bridgehead atoms. The number of carbonyl (C=O) groups is 2. The Labute approximate surface area is 165 Å². The molecule has 0 spiro atoms. The molecule has 0 radical (unpaired) electrons. The van der Waals surface area contributed by atoms with Crippen molar-refractivity contribution in [2.75, 3.05) is 26.2 Å². The number of halogens is 2. The van der Waals surface area contributed by atoms with E-state index in [0.717, 1.165) is 23.3 Å². The molecule has 1 saturated carbocycles. The summed E-state index contributed by atoms with van der Waals surface area (Å²) in [6.07, 6.45) is 2.00. The minimum atomic E-state index is -2.66. The zero-order valence-electron chi connectivity index (χ0n) is 15.1. The van der Waals surface area contributed by atoms with E-state index in [4.69, 9.17) is 0 Å². The van der Waals surface area contributed by atoms with Crippen LogP contribution in [0.4, 0.5) is 8.78 Å². The lowest BCUT2D eigenvalue weighted by Gasteiger charge is -2.22. The summed E-state index contributed by atoms with van der Waals surface area (Å²) in [7, 11) is 0. The Balaban J connectivity index is 1.34. The number of aromatic nitrogens is 1. The molecule has 5 rings (SSSR count). The Morgan fingerprint density at radius 2 is 1.93 bits per heavy atom. The number of thiazole rings is 1. The van der Waals surface area contributed by atoms with Crippen LogP contribution in [0, 0.1) is 5.92 Å². The molecule has 3 heterocycles. The molecule has 2 aliphatic heterocycles. The Morgan fingerprint density at radius 3 is 2.61 bits per heavy atom. The molecular weight excluding hydrogens is 384 g/mol. The van der Waals surface area contributed by atoms with Crippen LogP contribution in [0.5, 0.6) is 0 Å².